The van der Waals surface area contributed by atoms with Crippen LogP contribution >= 0.6 is 0 Å². The van der Waals surface area contributed by atoms with Gasteiger partial charge in [-0.3, -0.25) is 0 Å². The molecule has 1 fully saturated rings. The Morgan fingerprint density at radius 2 is 2.05 bits per heavy atom. The van der Waals surface area contributed by atoms with Gasteiger partial charge in [-0.25, -0.2) is 8.42 Å². The molecule has 3 N–H and O–H groups in total. The fourth-order valence-electron chi connectivity index (χ4n) is 2.30. The van der Waals surface area contributed by atoms with E-state index in [1.807, 2.05) is 0 Å². The lowest BCUT2D eigenvalue weighted by Gasteiger charge is -2.22. The topological polar surface area (TPSA) is 92.9 Å². The van der Waals surface area contributed by atoms with Crippen molar-refractivity contribution in [1.29, 1.82) is 0 Å². The molecule has 2 rings (SSSR count). The summed E-state index contributed by atoms with van der Waals surface area (Å²) in [5.74, 6) is 0.503. The number of hydrogen-bond donors (Lipinski definition) is 2. The van der Waals surface area contributed by atoms with E-state index >= 15 is 0 Å². The minimum atomic E-state index is -3.38. The second kappa shape index (κ2) is 6.43. The van der Waals surface area contributed by atoms with Gasteiger partial charge >= 0.3 is 0 Å². The van der Waals surface area contributed by atoms with Crippen LogP contribution in [0.5, 0.6) is 5.75 Å². The number of ether oxygens (including phenoxy) is 1. The fourth-order valence-corrected chi connectivity index (χ4v) is 3.87. The highest BCUT2D eigenvalue weighted by Gasteiger charge is 2.33. The average molecular weight is 300 g/mol. The largest absolute Gasteiger partial charge is 0.492 e. The molecule has 20 heavy (non-hydrogen) atoms. The Kier molecular flexibility index (Phi) is 4.85. The molecule has 1 aliphatic heterocycles. The number of nitrogens with two attached hydrogens (primary N) is 1. The monoisotopic (exact) mass is 300 g/mol. The molecule has 1 aliphatic rings. The smallest absolute Gasteiger partial charge is 0.217 e. The second-order valence-corrected chi connectivity index (χ2v) is 6.86. The molecule has 0 bridgehead atoms. The van der Waals surface area contributed by atoms with Gasteiger partial charge in [-0.1, -0.05) is 0 Å². The van der Waals surface area contributed by atoms with Crippen LogP contribution in [0.25, 0.3) is 0 Å². The van der Waals surface area contributed by atoms with Gasteiger partial charge in [0.05, 0.1) is 12.4 Å². The first kappa shape index (κ1) is 15.1. The summed E-state index contributed by atoms with van der Waals surface area (Å²) in [5.41, 5.74) is 6.19. The quantitative estimate of drug-likeness (QED) is 0.743. The third-order valence-corrected chi connectivity index (χ3v) is 5.26. The van der Waals surface area contributed by atoms with Crippen molar-refractivity contribution < 1.29 is 18.3 Å². The molecule has 1 aromatic carbocycles. The zero-order valence-corrected chi connectivity index (χ0v) is 12.1. The predicted octanol–water partition coefficient (Wildman–Crippen LogP) is 0.434. The van der Waals surface area contributed by atoms with E-state index in [0.717, 1.165) is 6.42 Å². The van der Waals surface area contributed by atoms with Crippen LogP contribution in [0.4, 0.5) is 5.69 Å². The molecule has 6 nitrogen and oxygen atoms in total. The predicted molar refractivity (Wildman–Crippen MR) is 77.0 cm³/mol. The Labute approximate surface area is 119 Å². The van der Waals surface area contributed by atoms with Crippen molar-refractivity contribution in [2.45, 2.75) is 18.9 Å². The lowest BCUT2D eigenvalue weighted by molar-refractivity contribution is 0.212. The number of aliphatic hydroxyl groups excluding tert-OH is 1. The molecule has 0 unspecified atom stereocenters. The van der Waals surface area contributed by atoms with Crippen LogP contribution < -0.4 is 10.5 Å². The second-order valence-electron chi connectivity index (χ2n) is 4.82. The lowest BCUT2D eigenvalue weighted by Crippen LogP contribution is -2.40. The maximum Gasteiger partial charge on any atom is 0.217 e. The number of sulfonamides is 1. The van der Waals surface area contributed by atoms with Crippen molar-refractivity contribution in [3.63, 3.8) is 0 Å². The van der Waals surface area contributed by atoms with Crippen molar-refractivity contribution in [1.82, 2.24) is 4.31 Å². The Hall–Kier alpha value is -1.31. The molecule has 0 aliphatic carbocycles. The molecule has 0 saturated carbocycles. The first-order valence-corrected chi connectivity index (χ1v) is 8.22. The highest BCUT2D eigenvalue weighted by atomic mass is 32.2. The Bertz CT molecular complexity index is 530. The van der Waals surface area contributed by atoms with Crippen LogP contribution in [0.2, 0.25) is 0 Å². The number of anilines is 1. The van der Waals surface area contributed by atoms with E-state index in [9.17, 15) is 13.5 Å². The van der Waals surface area contributed by atoms with E-state index < -0.39 is 10.0 Å². The summed E-state index contributed by atoms with van der Waals surface area (Å²) >= 11 is 0. The first-order valence-electron chi connectivity index (χ1n) is 6.61. The summed E-state index contributed by atoms with van der Waals surface area (Å²) in [7, 11) is -3.38. The molecule has 1 heterocycles. The standard InChI is InChI=1S/C13H20N2O4S/c14-11-3-5-13(6-4-11)19-8-9-20(17,18)15-7-1-2-12(15)10-16/h3-6,12,16H,1-2,7-10,14H2/t12-/m0/s1. The zero-order valence-electron chi connectivity index (χ0n) is 11.2. The third-order valence-electron chi connectivity index (χ3n) is 3.38. The van der Waals surface area contributed by atoms with Crippen molar-refractivity contribution >= 4 is 15.7 Å². The maximum absolute atomic E-state index is 12.2. The molecule has 0 aromatic heterocycles. The van der Waals surface area contributed by atoms with Gasteiger partial charge in [-0.05, 0) is 37.1 Å². The molecule has 7 heteroatoms. The van der Waals surface area contributed by atoms with Crippen molar-refractivity contribution in [3.05, 3.63) is 24.3 Å². The van der Waals surface area contributed by atoms with Crippen LogP contribution in [0, 0.1) is 0 Å². The third kappa shape index (κ3) is 3.62. The van der Waals surface area contributed by atoms with Gasteiger partial charge in [0, 0.05) is 18.3 Å². The minimum absolute atomic E-state index is 0.0842. The highest BCUT2D eigenvalue weighted by molar-refractivity contribution is 7.89. The number of rotatable bonds is 6. The van der Waals surface area contributed by atoms with E-state index in [1.165, 1.54) is 4.31 Å². The number of nitrogen functional groups attached to an aromatic ring is 1. The van der Waals surface area contributed by atoms with Gasteiger partial charge in [-0.15, -0.1) is 0 Å². The van der Waals surface area contributed by atoms with Crippen molar-refractivity contribution in [2.75, 3.05) is 31.2 Å². The molecule has 1 saturated heterocycles. The Morgan fingerprint density at radius 1 is 1.35 bits per heavy atom. The fraction of sp³-hybridized carbons (Fsp3) is 0.538. The van der Waals surface area contributed by atoms with Gasteiger partial charge < -0.3 is 15.6 Å². The molecule has 1 aromatic rings. The molecule has 0 radical (unpaired) electrons. The maximum atomic E-state index is 12.2. The van der Waals surface area contributed by atoms with Gasteiger partial charge in [-0.2, -0.15) is 4.31 Å². The summed E-state index contributed by atoms with van der Waals surface area (Å²) in [6.45, 7) is 0.439. The zero-order chi connectivity index (χ0) is 14.6. The Balaban J connectivity index is 1.88. The molecular weight excluding hydrogens is 280 g/mol. The number of benzene rings is 1. The van der Waals surface area contributed by atoms with Crippen molar-refractivity contribution in [2.24, 2.45) is 0 Å². The lowest BCUT2D eigenvalue weighted by atomic mass is 10.2. The average Bonchev–Trinajstić information content (AvgIpc) is 2.90. The van der Waals surface area contributed by atoms with Crippen molar-refractivity contribution in [3.8, 4) is 5.75 Å². The molecule has 0 spiro atoms. The van der Waals surface area contributed by atoms with Crippen LogP contribution in [-0.4, -0.2) is 49.4 Å². The summed E-state index contributed by atoms with van der Waals surface area (Å²) < 4.78 is 31.1. The number of aliphatic hydroxyl groups is 1. The summed E-state index contributed by atoms with van der Waals surface area (Å²) in [4.78, 5) is 0. The molecule has 1 atom stereocenters. The van der Waals surface area contributed by atoms with Gasteiger partial charge in [0.2, 0.25) is 10.0 Å². The minimum Gasteiger partial charge on any atom is -0.492 e. The number of nitrogens with zero attached hydrogens (tertiary/aromatic N) is 1. The normalized spacial score (nSPS) is 20.1. The van der Waals surface area contributed by atoms with Crippen LogP contribution in [0.1, 0.15) is 12.8 Å². The van der Waals surface area contributed by atoms with Crippen LogP contribution in [0.3, 0.4) is 0 Å². The van der Waals surface area contributed by atoms with Gasteiger partial charge in [0.15, 0.2) is 0 Å². The van der Waals surface area contributed by atoms with Gasteiger partial charge in [0.25, 0.3) is 0 Å². The van der Waals surface area contributed by atoms with E-state index in [-0.39, 0.29) is 25.0 Å². The summed E-state index contributed by atoms with van der Waals surface area (Å²) in [5, 5.41) is 9.18. The van der Waals surface area contributed by atoms with Crippen LogP contribution in [-0.2, 0) is 10.0 Å². The molecular formula is C13H20N2O4S. The van der Waals surface area contributed by atoms with E-state index in [4.69, 9.17) is 10.5 Å². The molecule has 112 valence electrons. The Morgan fingerprint density at radius 3 is 2.70 bits per heavy atom. The number of hydrogen-bond acceptors (Lipinski definition) is 5. The SMILES string of the molecule is Nc1ccc(OCCS(=O)(=O)N2CCC[C@H]2CO)cc1. The van der Waals surface area contributed by atoms with Crippen LogP contribution in [0.15, 0.2) is 24.3 Å². The van der Waals surface area contributed by atoms with E-state index in [0.29, 0.717) is 24.4 Å². The van der Waals surface area contributed by atoms with Gasteiger partial charge in [0.1, 0.15) is 12.4 Å². The van der Waals surface area contributed by atoms with E-state index in [1.54, 1.807) is 24.3 Å². The summed E-state index contributed by atoms with van der Waals surface area (Å²) in [6.07, 6.45) is 1.51. The first-order chi connectivity index (χ1) is 9.53. The van der Waals surface area contributed by atoms with E-state index in [2.05, 4.69) is 0 Å². The summed E-state index contributed by atoms with van der Waals surface area (Å²) in [6, 6.07) is 6.53. The molecule has 0 amide bonds. The highest BCUT2D eigenvalue weighted by Crippen LogP contribution is 2.21.